The Balaban J connectivity index is 0.687. The van der Waals surface area contributed by atoms with Gasteiger partial charge in [0.25, 0.3) is 5.91 Å². The van der Waals surface area contributed by atoms with Gasteiger partial charge in [0, 0.05) is 62.3 Å². The fourth-order valence-corrected chi connectivity index (χ4v) is 7.73. The van der Waals surface area contributed by atoms with E-state index in [-0.39, 0.29) is 32.0 Å². The quantitative estimate of drug-likeness (QED) is 0.0953. The lowest BCUT2D eigenvalue weighted by molar-refractivity contribution is -0.150. The normalized spacial score (nSPS) is 19.4. The van der Waals surface area contributed by atoms with Crippen LogP contribution in [0.4, 0.5) is 11.6 Å². The first-order valence-electron chi connectivity index (χ1n) is 20.0. The molecule has 3 saturated heterocycles. The number of fused-ring (bicyclic) bond motifs is 2. The van der Waals surface area contributed by atoms with E-state index in [9.17, 15) is 24.0 Å². The highest BCUT2D eigenvalue weighted by Crippen LogP contribution is 2.36. The van der Waals surface area contributed by atoms with Crippen molar-refractivity contribution in [3.63, 3.8) is 0 Å². The van der Waals surface area contributed by atoms with Gasteiger partial charge in [-0.15, -0.1) is 10.2 Å². The van der Waals surface area contributed by atoms with Gasteiger partial charge in [-0.25, -0.2) is 4.98 Å². The summed E-state index contributed by atoms with van der Waals surface area (Å²) in [5.74, 6) is -1.27. The molecule has 2 unspecified atom stereocenters. The summed E-state index contributed by atoms with van der Waals surface area (Å²) < 4.78 is 24.0. The largest absolute Gasteiger partial charge is 0.467 e. The van der Waals surface area contributed by atoms with E-state index in [1.165, 1.54) is 0 Å². The van der Waals surface area contributed by atoms with Crippen LogP contribution < -0.4 is 20.9 Å². The molecule has 314 valence electrons. The standard InChI is InChI=1S/C41H46N10O9/c52-34-11-10-33(38(54)46-34)51-39(55)30-4-1-5-32(36(30)40(51)56)42-12-18-57-19-20-58-21-22-59-25-35(53)49-15-13-48(14-16-49)28-8-6-27(7-9-28)31-24-44-41(50-26-45-47-37(31)50)43-23-29-3-2-17-60-29/h1-3,5-9,17,24,26,30,33,42H,4,10-16,18-23,25H2,(H,43,44)(H,46,52,54). The third-order valence-electron chi connectivity index (χ3n) is 10.8. The minimum atomic E-state index is -0.985. The minimum Gasteiger partial charge on any atom is -0.467 e. The summed E-state index contributed by atoms with van der Waals surface area (Å²) in [4.78, 5) is 72.8. The average Bonchev–Trinajstić information content (AvgIpc) is 4.03. The Morgan fingerprint density at radius 1 is 0.933 bits per heavy atom. The van der Waals surface area contributed by atoms with Gasteiger partial charge in [0.1, 0.15) is 24.7 Å². The van der Waals surface area contributed by atoms with Gasteiger partial charge >= 0.3 is 0 Å². The zero-order valence-corrected chi connectivity index (χ0v) is 32.9. The predicted octanol–water partition coefficient (Wildman–Crippen LogP) is 1.29. The first-order chi connectivity index (χ1) is 29.4. The Kier molecular flexibility index (Phi) is 12.5. The molecule has 2 atom stereocenters. The van der Waals surface area contributed by atoms with Gasteiger partial charge in [0.15, 0.2) is 5.65 Å². The number of benzene rings is 1. The number of piperazine rings is 1. The molecule has 0 bridgehead atoms. The average molecular weight is 823 g/mol. The van der Waals surface area contributed by atoms with Gasteiger partial charge < -0.3 is 39.1 Å². The molecule has 5 amide bonds. The second kappa shape index (κ2) is 18.6. The Morgan fingerprint density at radius 2 is 1.72 bits per heavy atom. The number of nitrogens with zero attached hydrogens (tertiary/aromatic N) is 7. The summed E-state index contributed by atoms with van der Waals surface area (Å²) >= 11 is 0. The fraction of sp³-hybridized carbons (Fsp3) is 0.415. The molecule has 1 aromatic carbocycles. The van der Waals surface area contributed by atoms with Crippen LogP contribution in [0.2, 0.25) is 0 Å². The van der Waals surface area contributed by atoms with Gasteiger partial charge in [-0.05, 0) is 48.7 Å². The highest BCUT2D eigenvalue weighted by Gasteiger charge is 2.50. The number of hydrogen-bond donors (Lipinski definition) is 3. The van der Waals surface area contributed by atoms with E-state index in [4.69, 9.17) is 18.6 Å². The van der Waals surface area contributed by atoms with Crippen LogP contribution in [0, 0.1) is 5.92 Å². The molecule has 3 N–H and O–H groups in total. The lowest BCUT2D eigenvalue weighted by Gasteiger charge is -2.36. The molecule has 3 aromatic heterocycles. The third-order valence-corrected chi connectivity index (χ3v) is 10.8. The summed E-state index contributed by atoms with van der Waals surface area (Å²) in [5.41, 5.74) is 4.45. The molecule has 4 aliphatic rings. The van der Waals surface area contributed by atoms with E-state index in [0.29, 0.717) is 95.0 Å². The Hall–Kier alpha value is -6.44. The van der Waals surface area contributed by atoms with Crippen molar-refractivity contribution >= 4 is 46.8 Å². The maximum absolute atomic E-state index is 13.3. The number of hydrogen-bond acceptors (Lipinski definition) is 15. The first-order valence-corrected chi connectivity index (χ1v) is 20.0. The van der Waals surface area contributed by atoms with E-state index in [0.717, 1.165) is 27.5 Å². The number of carbonyl (C=O) groups excluding carboxylic acids is 5. The van der Waals surface area contributed by atoms with Gasteiger partial charge in [-0.1, -0.05) is 18.2 Å². The summed E-state index contributed by atoms with van der Waals surface area (Å²) in [6, 6.07) is 11.0. The van der Waals surface area contributed by atoms with Crippen molar-refractivity contribution in [3.8, 4) is 11.1 Å². The number of imide groups is 2. The molecule has 0 radical (unpaired) electrons. The zero-order chi connectivity index (χ0) is 41.4. The maximum atomic E-state index is 13.3. The maximum Gasteiger partial charge on any atom is 0.260 e. The third kappa shape index (κ3) is 8.92. The molecule has 3 fully saturated rings. The van der Waals surface area contributed by atoms with Crippen LogP contribution in [0.15, 0.2) is 83.0 Å². The van der Waals surface area contributed by atoms with Crippen molar-refractivity contribution in [2.45, 2.75) is 31.8 Å². The molecular formula is C41H46N10O9. The van der Waals surface area contributed by atoms with Gasteiger partial charge in [0.2, 0.25) is 29.6 Å². The van der Waals surface area contributed by atoms with Gasteiger partial charge in [-0.2, -0.15) is 0 Å². The lowest BCUT2D eigenvalue weighted by atomic mass is 9.92. The van der Waals surface area contributed by atoms with E-state index >= 15 is 0 Å². The molecule has 0 spiro atoms. The minimum absolute atomic E-state index is 0.0188. The Labute approximate surface area is 344 Å². The SMILES string of the molecule is O=C1CCC(N2C(=O)C3=C(NCCOCCOCCOCC(=O)N4CCN(c5ccc(-c6cnc(NCc7ccco7)n7cnnc67)cc5)CC4)C=CCC3C2=O)C(=O)N1. The monoisotopic (exact) mass is 822 g/mol. The number of amides is 5. The van der Waals surface area contributed by atoms with Gasteiger partial charge in [-0.3, -0.25) is 38.6 Å². The summed E-state index contributed by atoms with van der Waals surface area (Å²) in [6.45, 7) is 5.02. The predicted molar refractivity (Wildman–Crippen MR) is 214 cm³/mol. The highest BCUT2D eigenvalue weighted by atomic mass is 16.5. The number of nitrogens with one attached hydrogen (secondary N) is 3. The van der Waals surface area contributed by atoms with Crippen molar-refractivity contribution in [3.05, 3.63) is 84.4 Å². The molecule has 19 nitrogen and oxygen atoms in total. The number of allylic oxidation sites excluding steroid dienone is 2. The molecule has 19 heteroatoms. The second-order valence-electron chi connectivity index (χ2n) is 14.6. The summed E-state index contributed by atoms with van der Waals surface area (Å²) in [6.07, 6.45) is 9.20. The van der Waals surface area contributed by atoms with E-state index in [1.54, 1.807) is 24.9 Å². The van der Waals surface area contributed by atoms with Crippen LogP contribution >= 0.6 is 0 Å². The molecular weight excluding hydrogens is 777 g/mol. The fourth-order valence-electron chi connectivity index (χ4n) is 7.73. The molecule has 60 heavy (non-hydrogen) atoms. The number of likely N-dealkylation sites (tertiary alicyclic amines) is 1. The number of furan rings is 1. The van der Waals surface area contributed by atoms with E-state index in [1.807, 2.05) is 39.6 Å². The molecule has 0 saturated carbocycles. The van der Waals surface area contributed by atoms with Crippen molar-refractivity contribution in [2.24, 2.45) is 5.92 Å². The van der Waals surface area contributed by atoms with Crippen molar-refractivity contribution in [2.75, 3.05) is 82.6 Å². The van der Waals surface area contributed by atoms with Crippen molar-refractivity contribution in [1.29, 1.82) is 0 Å². The van der Waals surface area contributed by atoms with Crippen molar-refractivity contribution in [1.82, 2.24) is 40.0 Å². The van der Waals surface area contributed by atoms with Crippen LogP contribution in [-0.2, 0) is 44.7 Å². The Bertz CT molecular complexity index is 2260. The molecule has 4 aromatic rings. The number of piperidine rings is 1. The molecule has 1 aliphatic carbocycles. The zero-order valence-electron chi connectivity index (χ0n) is 32.9. The van der Waals surface area contributed by atoms with Crippen LogP contribution in [-0.4, -0.2) is 137 Å². The van der Waals surface area contributed by atoms with Crippen LogP contribution in [0.3, 0.4) is 0 Å². The number of rotatable bonds is 18. The second-order valence-corrected chi connectivity index (χ2v) is 14.6. The highest BCUT2D eigenvalue weighted by molar-refractivity contribution is 6.18. The molecule has 6 heterocycles. The van der Waals surface area contributed by atoms with Crippen molar-refractivity contribution < 1.29 is 42.6 Å². The van der Waals surface area contributed by atoms with E-state index in [2.05, 4.69) is 48.2 Å². The smallest absolute Gasteiger partial charge is 0.260 e. The molecule has 8 rings (SSSR count). The summed E-state index contributed by atoms with van der Waals surface area (Å²) in [7, 11) is 0. The summed E-state index contributed by atoms with van der Waals surface area (Å²) in [5, 5.41) is 17.1. The lowest BCUT2D eigenvalue weighted by Crippen LogP contribution is -2.54. The van der Waals surface area contributed by atoms with E-state index < -0.39 is 35.6 Å². The number of ether oxygens (including phenoxy) is 3. The first kappa shape index (κ1) is 40.3. The number of carbonyl (C=O) groups is 5. The topological polar surface area (TPSA) is 215 Å². The van der Waals surface area contributed by atoms with Crippen LogP contribution in [0.5, 0.6) is 0 Å². The number of anilines is 2. The van der Waals surface area contributed by atoms with Crippen LogP contribution in [0.1, 0.15) is 25.0 Å². The Morgan fingerprint density at radius 3 is 2.48 bits per heavy atom. The number of aromatic nitrogens is 4. The van der Waals surface area contributed by atoms with Gasteiger partial charge in [0.05, 0.1) is 57.3 Å². The van der Waals surface area contributed by atoms with Crippen LogP contribution in [0.25, 0.3) is 16.8 Å². The molecule has 3 aliphatic heterocycles.